The van der Waals surface area contributed by atoms with Crippen molar-refractivity contribution in [2.24, 2.45) is 0 Å². The minimum atomic E-state index is -3.63. The molecule has 0 aliphatic carbocycles. The van der Waals surface area contributed by atoms with Crippen molar-refractivity contribution in [3.63, 3.8) is 0 Å². The minimum absolute atomic E-state index is 0.328. The lowest BCUT2D eigenvalue weighted by Crippen LogP contribution is -2.47. The number of hydrogen-bond acceptors (Lipinski definition) is 4. The van der Waals surface area contributed by atoms with Crippen LogP contribution in [0.4, 0.5) is 5.69 Å². The molecule has 1 fully saturated rings. The molecule has 0 saturated carbocycles. The summed E-state index contributed by atoms with van der Waals surface area (Å²) in [6, 6.07) is 12.8. The first-order valence-electron chi connectivity index (χ1n) is 11.3. The monoisotopic (exact) mass is 457 g/mol. The number of nitrogens with zero attached hydrogens (tertiary/aromatic N) is 2. The molecule has 3 rings (SSSR count). The van der Waals surface area contributed by atoms with Crippen LogP contribution in [0.15, 0.2) is 42.5 Å². The highest BCUT2D eigenvalue weighted by Gasteiger charge is 2.29. The summed E-state index contributed by atoms with van der Waals surface area (Å²) >= 11 is 0. The molecular formula is C25H35N3O3S. The second kappa shape index (κ2) is 10.5. The third-order valence-corrected chi connectivity index (χ3v) is 7.42. The first-order chi connectivity index (χ1) is 15.1. The molecular weight excluding hydrogens is 422 g/mol. The molecule has 1 heterocycles. The fourth-order valence-corrected chi connectivity index (χ4v) is 5.31. The summed E-state index contributed by atoms with van der Waals surface area (Å²) in [6.45, 7) is 9.16. The molecule has 1 aliphatic heterocycles. The summed E-state index contributed by atoms with van der Waals surface area (Å²) < 4.78 is 26.2. The summed E-state index contributed by atoms with van der Waals surface area (Å²) in [5.41, 5.74) is 4.81. The third-order valence-electron chi connectivity index (χ3n) is 6.18. The maximum absolute atomic E-state index is 12.8. The lowest BCUT2D eigenvalue weighted by Gasteiger charge is -2.28. The van der Waals surface area contributed by atoms with Crippen LogP contribution in [0.1, 0.15) is 48.4 Å². The van der Waals surface area contributed by atoms with Gasteiger partial charge in [0.2, 0.25) is 15.9 Å². The number of amides is 1. The van der Waals surface area contributed by atoms with Gasteiger partial charge in [-0.3, -0.25) is 14.0 Å². The van der Waals surface area contributed by atoms with E-state index in [0.717, 1.165) is 42.6 Å². The number of hydrogen-bond donors (Lipinski definition) is 1. The van der Waals surface area contributed by atoms with Crippen molar-refractivity contribution in [2.75, 3.05) is 23.7 Å². The molecule has 2 aromatic rings. The number of carbonyl (C=O) groups is 1. The van der Waals surface area contributed by atoms with Gasteiger partial charge in [0.15, 0.2) is 0 Å². The Labute approximate surface area is 192 Å². The number of rotatable bonds is 8. The van der Waals surface area contributed by atoms with Crippen LogP contribution in [0.2, 0.25) is 0 Å². The van der Waals surface area contributed by atoms with Crippen LogP contribution in [-0.4, -0.2) is 44.6 Å². The number of piperidine rings is 1. The van der Waals surface area contributed by atoms with Crippen molar-refractivity contribution < 1.29 is 13.2 Å². The molecule has 2 aromatic carbocycles. The van der Waals surface area contributed by atoms with Gasteiger partial charge in [0, 0.05) is 13.1 Å². The minimum Gasteiger partial charge on any atom is -0.350 e. The number of nitrogens with one attached hydrogen (secondary N) is 1. The fraction of sp³-hybridized carbons (Fsp3) is 0.480. The van der Waals surface area contributed by atoms with Crippen LogP contribution in [0.5, 0.6) is 0 Å². The maximum atomic E-state index is 12.8. The van der Waals surface area contributed by atoms with Crippen molar-refractivity contribution in [1.82, 2.24) is 10.2 Å². The maximum Gasteiger partial charge on any atom is 0.243 e. The molecule has 1 atom stereocenters. The topological polar surface area (TPSA) is 69.7 Å². The average molecular weight is 458 g/mol. The molecule has 0 spiro atoms. The lowest BCUT2D eigenvalue weighted by molar-refractivity contribution is -0.122. The Morgan fingerprint density at radius 3 is 2.22 bits per heavy atom. The molecule has 174 valence electrons. The van der Waals surface area contributed by atoms with Gasteiger partial charge in [-0.05, 0) is 81.1 Å². The first-order valence-corrected chi connectivity index (χ1v) is 13.1. The number of anilines is 1. The van der Waals surface area contributed by atoms with E-state index in [1.807, 2.05) is 32.0 Å². The predicted octanol–water partition coefficient (Wildman–Crippen LogP) is 3.76. The summed E-state index contributed by atoms with van der Waals surface area (Å²) in [5.74, 6) is -0.328. The largest absolute Gasteiger partial charge is 0.350 e. The second-order valence-corrected chi connectivity index (χ2v) is 10.7. The summed E-state index contributed by atoms with van der Waals surface area (Å²) in [5, 5.41) is 2.89. The zero-order valence-corrected chi connectivity index (χ0v) is 20.4. The van der Waals surface area contributed by atoms with Gasteiger partial charge in [-0.2, -0.15) is 0 Å². The van der Waals surface area contributed by atoms with E-state index in [-0.39, 0.29) is 5.91 Å². The number of carbonyl (C=O) groups excluding carboxylic acids is 1. The summed E-state index contributed by atoms with van der Waals surface area (Å²) in [4.78, 5) is 15.3. The third kappa shape index (κ3) is 6.33. The van der Waals surface area contributed by atoms with Crippen molar-refractivity contribution in [3.8, 4) is 0 Å². The van der Waals surface area contributed by atoms with E-state index >= 15 is 0 Å². The highest BCUT2D eigenvalue weighted by atomic mass is 32.2. The van der Waals surface area contributed by atoms with E-state index in [4.69, 9.17) is 0 Å². The summed E-state index contributed by atoms with van der Waals surface area (Å²) in [6.07, 6.45) is 5.00. The van der Waals surface area contributed by atoms with Crippen molar-refractivity contribution in [1.29, 1.82) is 0 Å². The van der Waals surface area contributed by atoms with Crippen LogP contribution in [0.3, 0.4) is 0 Å². The van der Waals surface area contributed by atoms with Gasteiger partial charge in [0.1, 0.15) is 6.04 Å². The smallest absolute Gasteiger partial charge is 0.243 e. The Kier molecular flexibility index (Phi) is 7.96. The highest BCUT2D eigenvalue weighted by molar-refractivity contribution is 7.92. The van der Waals surface area contributed by atoms with E-state index in [9.17, 15) is 13.2 Å². The van der Waals surface area contributed by atoms with E-state index in [1.54, 1.807) is 19.1 Å². The lowest BCUT2D eigenvalue weighted by atomic mass is 10.1. The Balaban J connectivity index is 1.62. The normalized spacial score (nSPS) is 15.9. The SMILES string of the molecule is Cc1ccc(N([C@@H](C)C(=O)NCc2ccc(CN3CCCCC3)cc2)S(C)(=O)=O)cc1C. The zero-order valence-electron chi connectivity index (χ0n) is 19.6. The molecule has 0 bridgehead atoms. The molecule has 32 heavy (non-hydrogen) atoms. The first kappa shape index (κ1) is 24.3. The van der Waals surface area contributed by atoms with Crippen LogP contribution in [0.25, 0.3) is 0 Å². The quantitative estimate of drug-likeness (QED) is 0.655. The van der Waals surface area contributed by atoms with Crippen molar-refractivity contribution >= 4 is 21.6 Å². The molecule has 0 radical (unpaired) electrons. The molecule has 0 unspecified atom stereocenters. The Morgan fingerprint density at radius 2 is 1.62 bits per heavy atom. The molecule has 0 aromatic heterocycles. The summed E-state index contributed by atoms with van der Waals surface area (Å²) in [7, 11) is -3.63. The Hall–Kier alpha value is -2.38. The van der Waals surface area contributed by atoms with Crippen LogP contribution < -0.4 is 9.62 Å². The number of sulfonamides is 1. The number of aryl methyl sites for hydroxylation is 2. The Bertz CT molecular complexity index is 1030. The van der Waals surface area contributed by atoms with Gasteiger partial charge in [-0.1, -0.05) is 36.8 Å². The van der Waals surface area contributed by atoms with E-state index < -0.39 is 16.1 Å². The van der Waals surface area contributed by atoms with Crippen LogP contribution in [-0.2, 0) is 27.9 Å². The average Bonchev–Trinajstić information content (AvgIpc) is 2.75. The standard InChI is InChI=1S/C25H35N3O3S/c1-19-8-13-24(16-20(19)2)28(32(4,30)31)21(3)25(29)26-17-22-9-11-23(12-10-22)18-27-14-6-5-7-15-27/h8-13,16,21H,5-7,14-15,17-18H2,1-4H3,(H,26,29)/t21-/m0/s1. The van der Waals surface area contributed by atoms with Gasteiger partial charge < -0.3 is 5.32 Å². The van der Waals surface area contributed by atoms with Crippen molar-refractivity contribution in [2.45, 2.75) is 59.2 Å². The predicted molar refractivity (Wildman–Crippen MR) is 130 cm³/mol. The van der Waals surface area contributed by atoms with Gasteiger partial charge in [0.25, 0.3) is 0 Å². The molecule has 1 aliphatic rings. The van der Waals surface area contributed by atoms with Gasteiger partial charge in [-0.25, -0.2) is 8.42 Å². The van der Waals surface area contributed by atoms with Gasteiger partial charge in [0.05, 0.1) is 11.9 Å². The fourth-order valence-electron chi connectivity index (χ4n) is 4.15. The van der Waals surface area contributed by atoms with Crippen LogP contribution >= 0.6 is 0 Å². The highest BCUT2D eigenvalue weighted by Crippen LogP contribution is 2.24. The molecule has 6 nitrogen and oxygen atoms in total. The van der Waals surface area contributed by atoms with E-state index in [2.05, 4.69) is 22.3 Å². The van der Waals surface area contributed by atoms with E-state index in [1.165, 1.54) is 29.1 Å². The zero-order chi connectivity index (χ0) is 23.3. The Morgan fingerprint density at radius 1 is 1.00 bits per heavy atom. The van der Waals surface area contributed by atoms with Gasteiger partial charge in [-0.15, -0.1) is 0 Å². The van der Waals surface area contributed by atoms with E-state index in [0.29, 0.717) is 12.2 Å². The number of likely N-dealkylation sites (tertiary alicyclic amines) is 1. The molecule has 1 N–H and O–H groups in total. The van der Waals surface area contributed by atoms with Crippen molar-refractivity contribution in [3.05, 3.63) is 64.7 Å². The molecule has 1 saturated heterocycles. The van der Waals surface area contributed by atoms with Crippen LogP contribution in [0, 0.1) is 13.8 Å². The van der Waals surface area contributed by atoms with Gasteiger partial charge >= 0.3 is 0 Å². The molecule has 1 amide bonds. The molecule has 7 heteroatoms. The number of benzene rings is 2. The second-order valence-electron chi connectivity index (χ2n) is 8.87.